The zero-order valence-electron chi connectivity index (χ0n) is 13.0. The smallest absolute Gasteiger partial charge is 0.223 e. The van der Waals surface area contributed by atoms with Crippen molar-refractivity contribution in [3.05, 3.63) is 69.7 Å². The van der Waals surface area contributed by atoms with Crippen molar-refractivity contribution < 1.29 is 4.79 Å². The van der Waals surface area contributed by atoms with Gasteiger partial charge >= 0.3 is 0 Å². The van der Waals surface area contributed by atoms with Gasteiger partial charge in [0, 0.05) is 40.9 Å². The SMILES string of the molecule is N#CCC1CC(=O)N(Cc2ccccc2)C1c1c(Cl)cccc1Cl. The van der Waals surface area contributed by atoms with E-state index >= 15 is 0 Å². The number of rotatable bonds is 4. The number of hydrogen-bond acceptors (Lipinski definition) is 2. The lowest BCUT2D eigenvalue weighted by Crippen LogP contribution is -2.29. The van der Waals surface area contributed by atoms with Crippen LogP contribution in [0, 0.1) is 17.2 Å². The number of benzene rings is 2. The van der Waals surface area contributed by atoms with Gasteiger partial charge in [0.1, 0.15) is 0 Å². The number of carbonyl (C=O) groups is 1. The predicted octanol–water partition coefficient (Wildman–Crippen LogP) is 5.00. The third kappa shape index (κ3) is 3.26. The van der Waals surface area contributed by atoms with Gasteiger partial charge in [-0.15, -0.1) is 0 Å². The monoisotopic (exact) mass is 358 g/mol. The number of hydrogen-bond donors (Lipinski definition) is 0. The number of nitriles is 1. The maximum Gasteiger partial charge on any atom is 0.223 e. The van der Waals surface area contributed by atoms with Crippen LogP contribution in [0.5, 0.6) is 0 Å². The Morgan fingerprint density at radius 2 is 1.75 bits per heavy atom. The lowest BCUT2D eigenvalue weighted by molar-refractivity contribution is -0.129. The molecule has 0 saturated carbocycles. The van der Waals surface area contributed by atoms with E-state index in [1.807, 2.05) is 30.3 Å². The molecule has 0 radical (unpaired) electrons. The van der Waals surface area contributed by atoms with Crippen molar-refractivity contribution in [3.63, 3.8) is 0 Å². The van der Waals surface area contributed by atoms with Crippen molar-refractivity contribution >= 4 is 29.1 Å². The van der Waals surface area contributed by atoms with Gasteiger partial charge in [0.15, 0.2) is 0 Å². The van der Waals surface area contributed by atoms with Crippen LogP contribution in [0.2, 0.25) is 10.0 Å². The lowest BCUT2D eigenvalue weighted by Gasteiger charge is -2.29. The molecule has 1 aliphatic heterocycles. The van der Waals surface area contributed by atoms with Crippen LogP contribution >= 0.6 is 23.2 Å². The molecule has 0 aromatic heterocycles. The van der Waals surface area contributed by atoms with Crippen molar-refractivity contribution in [1.82, 2.24) is 4.90 Å². The van der Waals surface area contributed by atoms with Gasteiger partial charge in [-0.2, -0.15) is 5.26 Å². The quantitative estimate of drug-likeness (QED) is 0.771. The first-order valence-corrected chi connectivity index (χ1v) is 8.51. The molecule has 24 heavy (non-hydrogen) atoms. The molecule has 2 aromatic rings. The summed E-state index contributed by atoms with van der Waals surface area (Å²) in [7, 11) is 0. The molecule has 3 rings (SSSR count). The first-order valence-electron chi connectivity index (χ1n) is 7.76. The normalized spacial score (nSPS) is 20.2. The van der Waals surface area contributed by atoms with E-state index in [1.54, 1.807) is 23.1 Å². The van der Waals surface area contributed by atoms with E-state index < -0.39 is 0 Å². The van der Waals surface area contributed by atoms with E-state index in [9.17, 15) is 4.79 Å². The van der Waals surface area contributed by atoms with Gasteiger partial charge in [0.2, 0.25) is 5.91 Å². The number of likely N-dealkylation sites (tertiary alicyclic amines) is 1. The summed E-state index contributed by atoms with van der Waals surface area (Å²) in [6, 6.07) is 17.0. The van der Waals surface area contributed by atoms with Gasteiger partial charge in [-0.3, -0.25) is 4.79 Å². The largest absolute Gasteiger partial charge is 0.331 e. The van der Waals surface area contributed by atoms with Crippen molar-refractivity contribution in [3.8, 4) is 6.07 Å². The topological polar surface area (TPSA) is 44.1 Å². The van der Waals surface area contributed by atoms with Crippen molar-refractivity contribution in [2.45, 2.75) is 25.4 Å². The molecule has 2 unspecified atom stereocenters. The van der Waals surface area contributed by atoms with Crippen LogP contribution in [-0.2, 0) is 11.3 Å². The highest BCUT2D eigenvalue weighted by atomic mass is 35.5. The fraction of sp³-hybridized carbons (Fsp3) is 0.263. The second-order valence-electron chi connectivity index (χ2n) is 5.91. The van der Waals surface area contributed by atoms with Crippen LogP contribution in [0.25, 0.3) is 0 Å². The molecule has 1 saturated heterocycles. The highest BCUT2D eigenvalue weighted by molar-refractivity contribution is 6.36. The Labute approximate surface area is 151 Å². The summed E-state index contributed by atoms with van der Waals surface area (Å²) in [4.78, 5) is 14.4. The Kier molecular flexibility index (Phi) is 5.08. The molecule has 2 aromatic carbocycles. The summed E-state index contributed by atoms with van der Waals surface area (Å²) >= 11 is 12.8. The van der Waals surface area contributed by atoms with E-state index in [-0.39, 0.29) is 17.9 Å². The van der Waals surface area contributed by atoms with Gasteiger partial charge in [0.05, 0.1) is 12.1 Å². The maximum atomic E-state index is 12.6. The molecule has 3 nitrogen and oxygen atoms in total. The standard InChI is InChI=1S/C19H16Cl2N2O/c20-15-7-4-8-16(21)18(15)19-14(9-10-22)11-17(24)23(19)12-13-5-2-1-3-6-13/h1-8,14,19H,9,11-12H2. The summed E-state index contributed by atoms with van der Waals surface area (Å²) in [6.07, 6.45) is 0.635. The number of halogens is 2. The van der Waals surface area contributed by atoms with Crippen LogP contribution in [0.1, 0.15) is 30.0 Å². The Hall–Kier alpha value is -2.02. The fourth-order valence-corrected chi connectivity index (χ4v) is 3.94. The molecule has 0 spiro atoms. The Bertz CT molecular complexity index is 765. The minimum atomic E-state index is -0.279. The lowest BCUT2D eigenvalue weighted by atomic mass is 9.91. The average Bonchev–Trinajstić information content (AvgIpc) is 2.85. The Balaban J connectivity index is 2.02. The van der Waals surface area contributed by atoms with E-state index in [0.29, 0.717) is 29.4 Å². The number of carbonyl (C=O) groups excluding carboxylic acids is 1. The summed E-state index contributed by atoms with van der Waals surface area (Å²) < 4.78 is 0. The Morgan fingerprint density at radius 1 is 1.08 bits per heavy atom. The predicted molar refractivity (Wildman–Crippen MR) is 94.5 cm³/mol. The number of amides is 1. The van der Waals surface area contributed by atoms with Crippen LogP contribution in [-0.4, -0.2) is 10.8 Å². The summed E-state index contributed by atoms with van der Waals surface area (Å²) in [5.74, 6) is -0.0799. The number of nitrogens with zero attached hydrogens (tertiary/aromatic N) is 2. The maximum absolute atomic E-state index is 12.6. The molecule has 0 N–H and O–H groups in total. The van der Waals surface area contributed by atoms with Crippen LogP contribution in [0.4, 0.5) is 0 Å². The third-order valence-electron chi connectivity index (χ3n) is 4.38. The van der Waals surface area contributed by atoms with Crippen LogP contribution in [0.3, 0.4) is 0 Å². The van der Waals surface area contributed by atoms with Gasteiger partial charge in [-0.1, -0.05) is 59.6 Å². The fourth-order valence-electron chi connectivity index (χ4n) is 3.32. The summed E-state index contributed by atoms with van der Waals surface area (Å²) in [5, 5.41) is 10.2. The minimum Gasteiger partial charge on any atom is -0.331 e. The molecule has 1 heterocycles. The molecular weight excluding hydrogens is 343 g/mol. The molecule has 1 aliphatic rings. The first kappa shape index (κ1) is 16.8. The highest BCUT2D eigenvalue weighted by Crippen LogP contribution is 2.45. The van der Waals surface area contributed by atoms with E-state index in [4.69, 9.17) is 28.5 Å². The van der Waals surface area contributed by atoms with E-state index in [0.717, 1.165) is 11.1 Å². The van der Waals surface area contributed by atoms with Crippen molar-refractivity contribution in [2.24, 2.45) is 5.92 Å². The van der Waals surface area contributed by atoms with Gasteiger partial charge < -0.3 is 4.90 Å². The van der Waals surface area contributed by atoms with Gasteiger partial charge in [0.25, 0.3) is 0 Å². The molecule has 0 bridgehead atoms. The molecular formula is C19H16Cl2N2O. The van der Waals surface area contributed by atoms with Crippen LogP contribution < -0.4 is 0 Å². The molecule has 5 heteroatoms. The first-order chi connectivity index (χ1) is 11.6. The second-order valence-corrected chi connectivity index (χ2v) is 6.73. The summed E-state index contributed by atoms with van der Waals surface area (Å²) in [6.45, 7) is 0.480. The van der Waals surface area contributed by atoms with Gasteiger partial charge in [-0.05, 0) is 17.7 Å². The minimum absolute atomic E-state index is 0.0279. The zero-order chi connectivity index (χ0) is 17.1. The molecule has 122 valence electrons. The van der Waals surface area contributed by atoms with E-state index in [2.05, 4.69) is 6.07 Å². The third-order valence-corrected chi connectivity index (χ3v) is 5.04. The molecule has 1 fully saturated rings. The molecule has 2 atom stereocenters. The average molecular weight is 359 g/mol. The van der Waals surface area contributed by atoms with Crippen molar-refractivity contribution in [2.75, 3.05) is 0 Å². The Morgan fingerprint density at radius 3 is 2.38 bits per heavy atom. The van der Waals surface area contributed by atoms with Crippen LogP contribution in [0.15, 0.2) is 48.5 Å². The highest BCUT2D eigenvalue weighted by Gasteiger charge is 2.42. The zero-order valence-corrected chi connectivity index (χ0v) is 14.5. The van der Waals surface area contributed by atoms with Crippen molar-refractivity contribution in [1.29, 1.82) is 5.26 Å². The second kappa shape index (κ2) is 7.25. The molecule has 0 aliphatic carbocycles. The van der Waals surface area contributed by atoms with E-state index in [1.165, 1.54) is 0 Å². The summed E-state index contributed by atoms with van der Waals surface area (Å²) in [5.41, 5.74) is 1.78. The van der Waals surface area contributed by atoms with Gasteiger partial charge in [-0.25, -0.2) is 0 Å². The molecule has 1 amide bonds.